The fourth-order valence-corrected chi connectivity index (χ4v) is 5.79. The number of allylic oxidation sites excluding steroid dienone is 2. The molecule has 0 amide bonds. The highest BCUT2D eigenvalue weighted by molar-refractivity contribution is 6.23. The van der Waals surface area contributed by atoms with Crippen molar-refractivity contribution in [3.05, 3.63) is 40.4 Å². The van der Waals surface area contributed by atoms with Crippen LogP contribution in [0.15, 0.2) is 29.2 Å². The van der Waals surface area contributed by atoms with E-state index in [4.69, 9.17) is 23.7 Å². The van der Waals surface area contributed by atoms with Gasteiger partial charge in [0.05, 0.1) is 32.8 Å². The molecule has 0 bridgehead atoms. The molecule has 2 N–H and O–H groups in total. The molecule has 164 valence electrons. The van der Waals surface area contributed by atoms with Gasteiger partial charge in [0.25, 0.3) is 0 Å². The second-order valence-electron chi connectivity index (χ2n) is 8.35. The number of carbonyl (C=O) groups is 2. The number of benzene rings is 1. The first kappa shape index (κ1) is 19.9. The molecule has 5 rings (SSSR count). The molecule has 0 radical (unpaired) electrons. The number of ether oxygens (including phenoxy) is 5. The number of fused-ring (bicyclic) bond motifs is 2. The van der Waals surface area contributed by atoms with Gasteiger partial charge in [0.1, 0.15) is 11.0 Å². The Bertz CT molecular complexity index is 1130. The molecule has 1 heterocycles. The van der Waals surface area contributed by atoms with Crippen molar-refractivity contribution in [2.24, 2.45) is 5.41 Å². The molecular weight excluding hydrogens is 408 g/mol. The quantitative estimate of drug-likeness (QED) is 0.725. The average molecular weight is 430 g/mol. The molecule has 1 aromatic rings. The van der Waals surface area contributed by atoms with E-state index in [1.165, 1.54) is 41.3 Å². The number of aliphatic hydroxyl groups excluding tert-OH is 1. The van der Waals surface area contributed by atoms with E-state index in [-0.39, 0.29) is 40.9 Å². The van der Waals surface area contributed by atoms with Gasteiger partial charge in [-0.3, -0.25) is 9.59 Å². The Labute approximate surface area is 177 Å². The van der Waals surface area contributed by atoms with Crippen molar-refractivity contribution >= 4 is 11.6 Å². The number of hydrogen-bond acceptors (Lipinski definition) is 9. The van der Waals surface area contributed by atoms with Crippen molar-refractivity contribution in [2.45, 2.75) is 31.0 Å². The Kier molecular flexibility index (Phi) is 3.72. The van der Waals surface area contributed by atoms with E-state index in [1.54, 1.807) is 6.07 Å². The lowest BCUT2D eigenvalue weighted by molar-refractivity contribution is -0.158. The summed E-state index contributed by atoms with van der Waals surface area (Å²) in [5.74, 6) is -0.598. The summed E-state index contributed by atoms with van der Waals surface area (Å²) in [6, 6.07) is 1.57. The average Bonchev–Trinajstić information content (AvgIpc) is 3.33. The number of Topliss-reactive ketones (excluding diaryl/α,β-unsaturated/α-hetero) is 2. The molecule has 31 heavy (non-hydrogen) atoms. The van der Waals surface area contributed by atoms with Crippen LogP contribution in [-0.2, 0) is 24.5 Å². The predicted octanol–water partition coefficient (Wildman–Crippen LogP) is 1.06. The summed E-state index contributed by atoms with van der Waals surface area (Å²) in [5, 5.41) is 23.0. The first-order chi connectivity index (χ1) is 14.6. The van der Waals surface area contributed by atoms with Crippen molar-refractivity contribution in [1.82, 2.24) is 0 Å². The van der Waals surface area contributed by atoms with E-state index in [0.29, 0.717) is 11.3 Å². The number of carbonyl (C=O) groups excluding carboxylic acids is 2. The van der Waals surface area contributed by atoms with Gasteiger partial charge in [-0.2, -0.15) is 0 Å². The molecule has 1 aliphatic heterocycles. The number of ketones is 2. The molecule has 4 aliphatic rings. The van der Waals surface area contributed by atoms with E-state index in [1.807, 2.05) is 0 Å². The molecule has 9 heteroatoms. The minimum atomic E-state index is -2.09. The van der Waals surface area contributed by atoms with E-state index >= 15 is 0 Å². The van der Waals surface area contributed by atoms with Gasteiger partial charge < -0.3 is 33.9 Å². The highest BCUT2D eigenvalue weighted by Crippen LogP contribution is 2.74. The predicted molar refractivity (Wildman–Crippen MR) is 104 cm³/mol. The maximum absolute atomic E-state index is 14.1. The Hall–Kier alpha value is -3.04. The van der Waals surface area contributed by atoms with Crippen LogP contribution >= 0.6 is 0 Å². The van der Waals surface area contributed by atoms with Gasteiger partial charge in [-0.1, -0.05) is 6.92 Å². The first-order valence-electron chi connectivity index (χ1n) is 9.69. The molecular formula is C22H22O9. The van der Waals surface area contributed by atoms with Crippen LogP contribution < -0.4 is 14.2 Å². The van der Waals surface area contributed by atoms with Crippen LogP contribution in [0.2, 0.25) is 0 Å². The van der Waals surface area contributed by atoms with Crippen LogP contribution in [0.5, 0.6) is 17.2 Å². The van der Waals surface area contributed by atoms with Crippen molar-refractivity contribution in [2.75, 3.05) is 28.1 Å². The molecule has 1 saturated carbocycles. The summed E-state index contributed by atoms with van der Waals surface area (Å²) >= 11 is 0. The summed E-state index contributed by atoms with van der Waals surface area (Å²) in [6.45, 7) is 2.77. The van der Waals surface area contributed by atoms with Crippen LogP contribution in [0.1, 0.15) is 31.1 Å². The van der Waals surface area contributed by atoms with Crippen molar-refractivity contribution in [1.29, 1.82) is 0 Å². The minimum Gasteiger partial charge on any atom is -0.493 e. The van der Waals surface area contributed by atoms with Crippen LogP contribution in [-0.4, -0.2) is 55.5 Å². The highest BCUT2D eigenvalue weighted by atomic mass is 16.7. The van der Waals surface area contributed by atoms with Crippen LogP contribution in [0.4, 0.5) is 0 Å². The minimum absolute atomic E-state index is 0.00221. The fourth-order valence-electron chi connectivity index (χ4n) is 5.79. The summed E-state index contributed by atoms with van der Waals surface area (Å²) < 4.78 is 27.4. The second-order valence-corrected chi connectivity index (χ2v) is 8.35. The molecule has 1 aromatic carbocycles. The largest absolute Gasteiger partial charge is 0.493 e. The SMILES string of the molecule is COC1=C(OC)C(=O)C23C(=C1)C(=O)C(C)(O)C2(C)C(O)c1cc2c(c(OC)c13)OCO2. The number of hydrogen-bond donors (Lipinski definition) is 2. The lowest BCUT2D eigenvalue weighted by atomic mass is 9.57. The van der Waals surface area contributed by atoms with Gasteiger partial charge in [0, 0.05) is 11.1 Å². The maximum atomic E-state index is 14.1. The van der Waals surface area contributed by atoms with Crippen molar-refractivity contribution < 1.29 is 43.5 Å². The molecule has 4 unspecified atom stereocenters. The summed E-state index contributed by atoms with van der Waals surface area (Å²) in [4.78, 5) is 27.6. The van der Waals surface area contributed by atoms with E-state index in [9.17, 15) is 19.8 Å². The van der Waals surface area contributed by atoms with E-state index in [0.717, 1.165) is 0 Å². The lowest BCUT2D eigenvalue weighted by Gasteiger charge is -2.44. The summed E-state index contributed by atoms with van der Waals surface area (Å²) in [7, 11) is 4.07. The van der Waals surface area contributed by atoms with Gasteiger partial charge in [0.2, 0.25) is 24.1 Å². The van der Waals surface area contributed by atoms with E-state index in [2.05, 4.69) is 0 Å². The number of rotatable bonds is 3. The third-order valence-corrected chi connectivity index (χ3v) is 7.42. The van der Waals surface area contributed by atoms with Gasteiger partial charge >= 0.3 is 0 Å². The molecule has 4 atom stereocenters. The Morgan fingerprint density at radius 1 is 1.06 bits per heavy atom. The Morgan fingerprint density at radius 2 is 1.77 bits per heavy atom. The third kappa shape index (κ3) is 1.79. The zero-order valence-corrected chi connectivity index (χ0v) is 17.7. The molecule has 0 aromatic heterocycles. The summed E-state index contributed by atoms with van der Waals surface area (Å²) in [5.41, 5.74) is -4.99. The lowest BCUT2D eigenvalue weighted by Crippen LogP contribution is -2.56. The number of aliphatic hydroxyl groups is 2. The normalized spacial score (nSPS) is 34.9. The van der Waals surface area contributed by atoms with Crippen LogP contribution in [0, 0.1) is 5.41 Å². The van der Waals surface area contributed by atoms with Crippen LogP contribution in [0.3, 0.4) is 0 Å². The third-order valence-electron chi connectivity index (χ3n) is 7.42. The Morgan fingerprint density at radius 3 is 2.39 bits per heavy atom. The summed E-state index contributed by atoms with van der Waals surface area (Å²) in [6.07, 6.45) is -0.00406. The zero-order chi connectivity index (χ0) is 22.5. The van der Waals surface area contributed by atoms with Crippen molar-refractivity contribution in [3.63, 3.8) is 0 Å². The van der Waals surface area contributed by atoms with Gasteiger partial charge in [-0.15, -0.1) is 0 Å². The molecule has 1 spiro atoms. The maximum Gasteiger partial charge on any atom is 0.231 e. The molecule has 9 nitrogen and oxygen atoms in total. The molecule has 1 fully saturated rings. The number of methoxy groups -OCH3 is 3. The fraction of sp³-hybridized carbons (Fsp3) is 0.455. The van der Waals surface area contributed by atoms with Gasteiger partial charge in [0.15, 0.2) is 23.0 Å². The first-order valence-corrected chi connectivity index (χ1v) is 9.69. The van der Waals surface area contributed by atoms with Crippen LogP contribution in [0.25, 0.3) is 0 Å². The monoisotopic (exact) mass is 430 g/mol. The zero-order valence-electron chi connectivity index (χ0n) is 17.7. The smallest absolute Gasteiger partial charge is 0.231 e. The topological polar surface area (TPSA) is 121 Å². The van der Waals surface area contributed by atoms with E-state index < -0.39 is 34.1 Å². The molecule has 3 aliphatic carbocycles. The Balaban J connectivity index is 1.98. The van der Waals surface area contributed by atoms with Crippen molar-refractivity contribution in [3.8, 4) is 17.2 Å². The van der Waals surface area contributed by atoms with Gasteiger partial charge in [-0.25, -0.2) is 0 Å². The van der Waals surface area contributed by atoms with Gasteiger partial charge in [-0.05, 0) is 24.6 Å². The highest BCUT2D eigenvalue weighted by Gasteiger charge is 2.81. The second kappa shape index (κ2) is 5.80. The standard InChI is InChI=1S/C22H22O9/c1-20-17(23)9-6-12-14(31-8-30-12)16(29-5)13(9)22(20)10(18(24)21(20,2)26)7-11(27-3)15(28-4)19(22)25/h6-7,17,23,26H,8H2,1-5H3. The molecule has 0 saturated heterocycles.